The largest absolute Gasteiger partial charge is 0.477 e. The Morgan fingerprint density at radius 2 is 2.10 bits per heavy atom. The van der Waals surface area contributed by atoms with Crippen LogP contribution in [-0.2, 0) is 4.79 Å². The third-order valence-corrected chi connectivity index (χ3v) is 3.13. The second-order valence-corrected chi connectivity index (χ2v) is 4.48. The molecule has 0 spiro atoms. The summed E-state index contributed by atoms with van der Waals surface area (Å²) in [6.45, 7) is 1.17. The van der Waals surface area contributed by atoms with Gasteiger partial charge in [-0.1, -0.05) is 0 Å². The van der Waals surface area contributed by atoms with Crippen molar-refractivity contribution in [1.82, 2.24) is 4.90 Å². The van der Waals surface area contributed by atoms with Crippen LogP contribution in [-0.4, -0.2) is 41.7 Å². The van der Waals surface area contributed by atoms with Crippen molar-refractivity contribution >= 4 is 17.9 Å². The van der Waals surface area contributed by atoms with Gasteiger partial charge in [0.05, 0.1) is 4.92 Å². The molecular weight excluding hydrogens is 264 g/mol. The first-order valence-electron chi connectivity index (χ1n) is 6.26. The minimum absolute atomic E-state index is 0.00635. The van der Waals surface area contributed by atoms with Crippen molar-refractivity contribution in [3.63, 3.8) is 0 Å². The van der Waals surface area contributed by atoms with Crippen LogP contribution in [0.3, 0.4) is 0 Å². The highest BCUT2D eigenvalue weighted by molar-refractivity contribution is 5.79. The highest BCUT2D eigenvalue weighted by atomic mass is 16.6. The number of nitro groups is 1. The third kappa shape index (κ3) is 3.11. The molecule has 7 nitrogen and oxygen atoms in total. The van der Waals surface area contributed by atoms with Crippen LogP contribution >= 0.6 is 0 Å². The van der Waals surface area contributed by atoms with Gasteiger partial charge >= 0.3 is 5.69 Å². The van der Waals surface area contributed by atoms with Gasteiger partial charge in [-0.15, -0.1) is 0 Å². The van der Waals surface area contributed by atoms with E-state index in [-0.39, 0.29) is 29.5 Å². The van der Waals surface area contributed by atoms with Gasteiger partial charge in [0.25, 0.3) is 5.91 Å². The van der Waals surface area contributed by atoms with Crippen LogP contribution < -0.4 is 4.74 Å². The molecule has 1 aromatic rings. The van der Waals surface area contributed by atoms with E-state index in [0.717, 1.165) is 18.9 Å². The number of carbonyl (C=O) groups excluding carboxylic acids is 2. The molecule has 0 atom stereocenters. The maximum Gasteiger partial charge on any atom is 0.311 e. The zero-order valence-corrected chi connectivity index (χ0v) is 10.8. The van der Waals surface area contributed by atoms with E-state index in [4.69, 9.17) is 4.74 Å². The van der Waals surface area contributed by atoms with Gasteiger partial charge in [0.1, 0.15) is 6.29 Å². The number of amides is 1. The maximum atomic E-state index is 11.8. The molecule has 1 aliphatic heterocycles. The molecule has 2 rings (SSSR count). The number of carbonyl (C=O) groups is 2. The van der Waals surface area contributed by atoms with Gasteiger partial charge in [0, 0.05) is 24.7 Å². The number of hydrogen-bond acceptors (Lipinski definition) is 5. The van der Waals surface area contributed by atoms with Gasteiger partial charge in [-0.3, -0.25) is 19.7 Å². The summed E-state index contributed by atoms with van der Waals surface area (Å²) in [6, 6.07) is 3.87. The van der Waals surface area contributed by atoms with E-state index in [9.17, 15) is 19.7 Å². The number of ether oxygens (including phenoxy) is 1. The molecule has 1 aliphatic rings. The molecular formula is C13H14N2O5. The Kier molecular flexibility index (Phi) is 4.29. The summed E-state index contributed by atoms with van der Waals surface area (Å²) in [5.74, 6) is -0.190. The molecule has 0 aromatic heterocycles. The van der Waals surface area contributed by atoms with E-state index in [1.54, 1.807) is 4.90 Å². The van der Waals surface area contributed by atoms with Crippen LogP contribution in [0.4, 0.5) is 5.69 Å². The number of nitrogens with zero attached hydrogens (tertiary/aromatic N) is 2. The van der Waals surface area contributed by atoms with Crippen molar-refractivity contribution < 1.29 is 19.2 Å². The summed E-state index contributed by atoms with van der Waals surface area (Å²) in [4.78, 5) is 34.3. The van der Waals surface area contributed by atoms with E-state index >= 15 is 0 Å². The molecule has 0 unspecified atom stereocenters. The molecule has 7 heteroatoms. The van der Waals surface area contributed by atoms with Gasteiger partial charge in [0.15, 0.2) is 12.4 Å². The lowest BCUT2D eigenvalue weighted by Gasteiger charge is -2.15. The van der Waals surface area contributed by atoms with Crippen molar-refractivity contribution in [1.29, 1.82) is 0 Å². The van der Waals surface area contributed by atoms with Gasteiger partial charge in [0.2, 0.25) is 0 Å². The molecule has 0 radical (unpaired) electrons. The number of nitro benzene ring substituents is 1. The molecule has 1 fully saturated rings. The van der Waals surface area contributed by atoms with E-state index in [2.05, 4.69) is 0 Å². The first kappa shape index (κ1) is 14.0. The lowest BCUT2D eigenvalue weighted by Crippen LogP contribution is -2.32. The molecule has 1 saturated heterocycles. The summed E-state index contributed by atoms with van der Waals surface area (Å²) < 4.78 is 5.22. The molecule has 1 aromatic carbocycles. The predicted molar refractivity (Wildman–Crippen MR) is 69.8 cm³/mol. The number of likely N-dealkylation sites (tertiary alicyclic amines) is 1. The Morgan fingerprint density at radius 3 is 2.70 bits per heavy atom. The number of benzene rings is 1. The Labute approximate surface area is 115 Å². The normalized spacial score (nSPS) is 14.1. The SMILES string of the molecule is O=Cc1ccc(OCC(=O)N2CCCC2)c([N+](=O)[O-])c1. The van der Waals surface area contributed by atoms with Crippen LogP contribution in [0.5, 0.6) is 5.75 Å². The number of rotatable bonds is 5. The van der Waals surface area contributed by atoms with Gasteiger partial charge in [-0.2, -0.15) is 0 Å². The average Bonchev–Trinajstić information content (AvgIpc) is 2.98. The summed E-state index contributed by atoms with van der Waals surface area (Å²) in [6.07, 6.45) is 2.46. The Balaban J connectivity index is 2.06. The van der Waals surface area contributed by atoms with Gasteiger partial charge < -0.3 is 9.64 Å². The zero-order valence-electron chi connectivity index (χ0n) is 10.8. The predicted octanol–water partition coefficient (Wildman–Crippen LogP) is 1.41. The Morgan fingerprint density at radius 1 is 1.40 bits per heavy atom. The topological polar surface area (TPSA) is 89.8 Å². The first-order chi connectivity index (χ1) is 9.61. The van der Waals surface area contributed by atoms with Crippen molar-refractivity contribution in [2.45, 2.75) is 12.8 Å². The van der Waals surface area contributed by atoms with Crippen LogP contribution in [0.2, 0.25) is 0 Å². The fourth-order valence-electron chi connectivity index (χ4n) is 2.07. The van der Waals surface area contributed by atoms with E-state index < -0.39 is 4.92 Å². The van der Waals surface area contributed by atoms with E-state index in [1.165, 1.54) is 12.1 Å². The standard InChI is InChI=1S/C13H14N2O5/c16-8-10-3-4-12(11(7-10)15(18)19)20-9-13(17)14-5-1-2-6-14/h3-4,7-8H,1-2,5-6,9H2. The molecule has 1 heterocycles. The van der Waals surface area contributed by atoms with Crippen LogP contribution in [0.1, 0.15) is 23.2 Å². The number of hydrogen-bond donors (Lipinski definition) is 0. The second-order valence-electron chi connectivity index (χ2n) is 4.48. The fourth-order valence-corrected chi connectivity index (χ4v) is 2.07. The van der Waals surface area contributed by atoms with E-state index in [1.807, 2.05) is 0 Å². The third-order valence-electron chi connectivity index (χ3n) is 3.13. The summed E-state index contributed by atoms with van der Waals surface area (Å²) in [7, 11) is 0. The van der Waals surface area contributed by atoms with E-state index in [0.29, 0.717) is 19.4 Å². The van der Waals surface area contributed by atoms with Crippen LogP contribution in [0, 0.1) is 10.1 Å². The minimum Gasteiger partial charge on any atom is -0.477 e. The monoisotopic (exact) mass is 278 g/mol. The van der Waals surface area contributed by atoms with Crippen molar-refractivity contribution in [2.24, 2.45) is 0 Å². The number of aldehydes is 1. The Bertz CT molecular complexity index is 538. The minimum atomic E-state index is -0.636. The molecule has 0 N–H and O–H groups in total. The molecule has 0 aliphatic carbocycles. The van der Waals surface area contributed by atoms with Crippen molar-refractivity contribution in [3.8, 4) is 5.75 Å². The highest BCUT2D eigenvalue weighted by Crippen LogP contribution is 2.27. The molecule has 0 saturated carbocycles. The van der Waals surface area contributed by atoms with Gasteiger partial charge in [-0.25, -0.2) is 0 Å². The van der Waals surface area contributed by atoms with Crippen LogP contribution in [0.25, 0.3) is 0 Å². The summed E-state index contributed by atoms with van der Waals surface area (Å²) >= 11 is 0. The maximum absolute atomic E-state index is 11.8. The summed E-state index contributed by atoms with van der Waals surface area (Å²) in [5.41, 5.74) is -0.126. The second kappa shape index (κ2) is 6.14. The molecule has 0 bridgehead atoms. The lowest BCUT2D eigenvalue weighted by molar-refractivity contribution is -0.385. The highest BCUT2D eigenvalue weighted by Gasteiger charge is 2.21. The van der Waals surface area contributed by atoms with Crippen molar-refractivity contribution in [3.05, 3.63) is 33.9 Å². The first-order valence-corrected chi connectivity index (χ1v) is 6.26. The van der Waals surface area contributed by atoms with Crippen molar-refractivity contribution in [2.75, 3.05) is 19.7 Å². The zero-order chi connectivity index (χ0) is 14.5. The lowest BCUT2D eigenvalue weighted by atomic mass is 10.2. The van der Waals surface area contributed by atoms with Crippen LogP contribution in [0.15, 0.2) is 18.2 Å². The smallest absolute Gasteiger partial charge is 0.311 e. The molecule has 20 heavy (non-hydrogen) atoms. The summed E-state index contributed by atoms with van der Waals surface area (Å²) in [5, 5.41) is 10.9. The quantitative estimate of drug-likeness (QED) is 0.461. The fraction of sp³-hybridized carbons (Fsp3) is 0.385. The molecule has 106 valence electrons. The van der Waals surface area contributed by atoms with Gasteiger partial charge in [-0.05, 0) is 25.0 Å². The average molecular weight is 278 g/mol. The Hall–Kier alpha value is -2.44. The molecule has 1 amide bonds.